The van der Waals surface area contributed by atoms with Gasteiger partial charge in [0.25, 0.3) is 0 Å². The number of aromatic nitrogens is 2. The fourth-order valence-electron chi connectivity index (χ4n) is 3.07. The molecule has 0 aliphatic carbocycles. The minimum atomic E-state index is -0.0320. The second kappa shape index (κ2) is 8.94. The average Bonchev–Trinajstić information content (AvgIpc) is 3.04. The Morgan fingerprint density at radius 1 is 1.44 bits per heavy atom. The first kappa shape index (κ1) is 19.4. The lowest BCUT2D eigenvalue weighted by molar-refractivity contribution is -0.141. The Kier molecular flexibility index (Phi) is 6.92. The third-order valence-corrected chi connectivity index (χ3v) is 4.42. The van der Waals surface area contributed by atoms with Gasteiger partial charge < -0.3 is 19.1 Å². The van der Waals surface area contributed by atoms with E-state index in [1.54, 1.807) is 11.8 Å². The molecule has 0 aromatic carbocycles. The third kappa shape index (κ3) is 5.26. The van der Waals surface area contributed by atoms with Crippen molar-refractivity contribution < 1.29 is 18.8 Å². The van der Waals surface area contributed by atoms with Gasteiger partial charge in [-0.25, -0.2) is 0 Å². The van der Waals surface area contributed by atoms with E-state index in [4.69, 9.17) is 9.26 Å². The van der Waals surface area contributed by atoms with Crippen LogP contribution >= 0.6 is 0 Å². The van der Waals surface area contributed by atoms with Gasteiger partial charge in [-0.1, -0.05) is 19.0 Å². The Bertz CT molecular complexity index is 587. The number of piperidine rings is 1. The third-order valence-electron chi connectivity index (χ3n) is 4.42. The molecule has 25 heavy (non-hydrogen) atoms. The van der Waals surface area contributed by atoms with Gasteiger partial charge in [-0.05, 0) is 12.8 Å². The average molecular weight is 352 g/mol. The van der Waals surface area contributed by atoms with E-state index in [2.05, 4.69) is 10.1 Å². The van der Waals surface area contributed by atoms with Crippen LogP contribution < -0.4 is 0 Å². The molecule has 1 fully saturated rings. The summed E-state index contributed by atoms with van der Waals surface area (Å²) in [7, 11) is 1.51. The fourth-order valence-corrected chi connectivity index (χ4v) is 3.07. The molecule has 1 aliphatic heterocycles. The standard InChI is InChI=1S/C17H28N4O4/c1-12(2)17-18-15(19-25-17)7-9-21(13(3)22)14-6-5-8-20(10-14)16(23)11-24-4/h12,14H,5-11H2,1-4H3. The minimum absolute atomic E-state index is 0.00128. The summed E-state index contributed by atoms with van der Waals surface area (Å²) in [4.78, 5) is 32.1. The van der Waals surface area contributed by atoms with E-state index in [9.17, 15) is 9.59 Å². The van der Waals surface area contributed by atoms with Crippen LogP contribution in [0.3, 0.4) is 0 Å². The van der Waals surface area contributed by atoms with Gasteiger partial charge in [-0.2, -0.15) is 4.98 Å². The Hall–Kier alpha value is -1.96. The predicted octanol–water partition coefficient (Wildman–Crippen LogP) is 1.22. The molecule has 8 nitrogen and oxygen atoms in total. The molecular weight excluding hydrogens is 324 g/mol. The molecule has 1 aromatic heterocycles. The maximum absolute atomic E-state index is 12.1. The van der Waals surface area contributed by atoms with Crippen molar-refractivity contribution in [3.05, 3.63) is 11.7 Å². The normalized spacial score (nSPS) is 17.8. The van der Waals surface area contributed by atoms with Crippen LogP contribution in [-0.2, 0) is 20.7 Å². The van der Waals surface area contributed by atoms with Crippen LogP contribution in [0.25, 0.3) is 0 Å². The highest BCUT2D eigenvalue weighted by atomic mass is 16.5. The van der Waals surface area contributed by atoms with Crippen molar-refractivity contribution in [3.63, 3.8) is 0 Å². The summed E-state index contributed by atoms with van der Waals surface area (Å²) in [5, 5.41) is 3.98. The molecule has 1 atom stereocenters. The van der Waals surface area contributed by atoms with Crippen LogP contribution in [-0.4, -0.2) is 71.1 Å². The number of ether oxygens (including phenoxy) is 1. The van der Waals surface area contributed by atoms with Crippen LogP contribution in [0.2, 0.25) is 0 Å². The molecule has 0 N–H and O–H groups in total. The van der Waals surface area contributed by atoms with E-state index in [1.807, 2.05) is 18.7 Å². The zero-order valence-electron chi connectivity index (χ0n) is 15.5. The van der Waals surface area contributed by atoms with E-state index in [0.717, 1.165) is 12.8 Å². The van der Waals surface area contributed by atoms with Crippen molar-refractivity contribution in [2.75, 3.05) is 33.4 Å². The largest absolute Gasteiger partial charge is 0.375 e. The zero-order chi connectivity index (χ0) is 18.4. The molecule has 1 aromatic rings. The van der Waals surface area contributed by atoms with E-state index in [-0.39, 0.29) is 30.4 Å². The van der Waals surface area contributed by atoms with Gasteiger partial charge in [0.15, 0.2) is 5.82 Å². The van der Waals surface area contributed by atoms with Crippen LogP contribution in [0, 0.1) is 0 Å². The highest BCUT2D eigenvalue weighted by molar-refractivity contribution is 5.78. The molecule has 140 valence electrons. The number of carbonyl (C=O) groups is 2. The fraction of sp³-hybridized carbons (Fsp3) is 0.765. The lowest BCUT2D eigenvalue weighted by atomic mass is 10.0. The van der Waals surface area contributed by atoms with E-state index < -0.39 is 0 Å². The monoisotopic (exact) mass is 352 g/mol. The van der Waals surface area contributed by atoms with Crippen molar-refractivity contribution in [2.45, 2.75) is 52.0 Å². The topological polar surface area (TPSA) is 88.8 Å². The Morgan fingerprint density at radius 3 is 2.80 bits per heavy atom. The molecule has 1 aliphatic rings. The maximum atomic E-state index is 12.1. The Labute approximate surface area is 148 Å². The Morgan fingerprint density at radius 2 is 2.20 bits per heavy atom. The second-order valence-corrected chi connectivity index (χ2v) is 6.73. The first-order valence-electron chi connectivity index (χ1n) is 8.78. The number of amides is 2. The summed E-state index contributed by atoms with van der Waals surface area (Å²) in [5.41, 5.74) is 0. The molecule has 0 radical (unpaired) electrons. The van der Waals surface area contributed by atoms with Crippen LogP contribution in [0.5, 0.6) is 0 Å². The molecule has 0 saturated carbocycles. The molecule has 2 rings (SSSR count). The van der Waals surface area contributed by atoms with Crippen LogP contribution in [0.15, 0.2) is 4.52 Å². The second-order valence-electron chi connectivity index (χ2n) is 6.73. The number of carbonyl (C=O) groups excluding carboxylic acids is 2. The molecule has 2 amide bonds. The Balaban J connectivity index is 1.96. The summed E-state index contributed by atoms with van der Waals surface area (Å²) in [6, 6.07) is 0.0172. The summed E-state index contributed by atoms with van der Waals surface area (Å²) in [6.45, 7) is 7.40. The van der Waals surface area contributed by atoms with Crippen molar-refractivity contribution in [2.24, 2.45) is 0 Å². The number of hydrogen-bond acceptors (Lipinski definition) is 6. The number of methoxy groups -OCH3 is 1. The van der Waals surface area contributed by atoms with Gasteiger partial charge in [0, 0.05) is 52.0 Å². The number of likely N-dealkylation sites (tertiary alicyclic amines) is 1. The first-order chi connectivity index (χ1) is 11.9. The van der Waals surface area contributed by atoms with Gasteiger partial charge in [-0.3, -0.25) is 9.59 Å². The predicted molar refractivity (Wildman–Crippen MR) is 91.0 cm³/mol. The van der Waals surface area contributed by atoms with Crippen LogP contribution in [0.4, 0.5) is 0 Å². The van der Waals surface area contributed by atoms with Crippen molar-refractivity contribution in [1.29, 1.82) is 0 Å². The van der Waals surface area contributed by atoms with E-state index in [1.165, 1.54) is 7.11 Å². The van der Waals surface area contributed by atoms with Crippen molar-refractivity contribution >= 4 is 11.8 Å². The molecule has 8 heteroatoms. The molecule has 1 unspecified atom stereocenters. The lowest BCUT2D eigenvalue weighted by Gasteiger charge is -2.39. The maximum Gasteiger partial charge on any atom is 0.248 e. The first-order valence-corrected chi connectivity index (χ1v) is 8.78. The van der Waals surface area contributed by atoms with E-state index >= 15 is 0 Å². The number of hydrogen-bond donors (Lipinski definition) is 0. The molecule has 0 spiro atoms. The lowest BCUT2D eigenvalue weighted by Crippen LogP contribution is -2.52. The van der Waals surface area contributed by atoms with Gasteiger partial charge in [0.2, 0.25) is 17.7 Å². The molecule has 1 saturated heterocycles. The minimum Gasteiger partial charge on any atom is -0.375 e. The molecule has 0 bridgehead atoms. The summed E-state index contributed by atoms with van der Waals surface area (Å²) in [6.07, 6.45) is 2.31. The highest BCUT2D eigenvalue weighted by Gasteiger charge is 2.29. The smallest absolute Gasteiger partial charge is 0.248 e. The summed E-state index contributed by atoms with van der Waals surface area (Å²) >= 11 is 0. The van der Waals surface area contributed by atoms with Gasteiger partial charge >= 0.3 is 0 Å². The van der Waals surface area contributed by atoms with Crippen molar-refractivity contribution in [1.82, 2.24) is 19.9 Å². The van der Waals surface area contributed by atoms with Gasteiger partial charge in [-0.15, -0.1) is 0 Å². The number of nitrogens with zero attached hydrogens (tertiary/aromatic N) is 4. The quantitative estimate of drug-likeness (QED) is 0.733. The van der Waals surface area contributed by atoms with Crippen LogP contribution in [0.1, 0.15) is 51.2 Å². The molecule has 2 heterocycles. The van der Waals surface area contributed by atoms with Crippen molar-refractivity contribution in [3.8, 4) is 0 Å². The van der Waals surface area contributed by atoms with Gasteiger partial charge in [0.05, 0.1) is 0 Å². The highest BCUT2D eigenvalue weighted by Crippen LogP contribution is 2.18. The van der Waals surface area contributed by atoms with E-state index in [0.29, 0.717) is 37.8 Å². The zero-order valence-corrected chi connectivity index (χ0v) is 15.5. The molecular formula is C17H28N4O4. The number of rotatable bonds is 7. The summed E-state index contributed by atoms with van der Waals surface area (Å²) in [5.74, 6) is 1.37. The summed E-state index contributed by atoms with van der Waals surface area (Å²) < 4.78 is 10.1. The SMILES string of the molecule is COCC(=O)N1CCCC(N(CCc2noc(C(C)C)n2)C(C)=O)C1. The van der Waals surface area contributed by atoms with Gasteiger partial charge in [0.1, 0.15) is 6.61 Å².